The molecule has 3 heterocycles. The summed E-state index contributed by atoms with van der Waals surface area (Å²) in [4.78, 5) is 35.9. The first-order valence-electron chi connectivity index (χ1n) is 20.2. The molecule has 1 amide bonds. The smallest absolute Gasteiger partial charge is 0.414 e. The Hall–Kier alpha value is -5.47. The quantitative estimate of drug-likeness (QED) is 0.0431. The number of hydrogen-bond acceptors (Lipinski definition) is 11. The number of hydrogen-bond donors (Lipinski definition) is 1. The lowest BCUT2D eigenvalue weighted by atomic mass is 9.79. The summed E-state index contributed by atoms with van der Waals surface area (Å²) in [5.41, 5.74) is 1.32. The Morgan fingerprint density at radius 1 is 0.918 bits per heavy atom. The average Bonchev–Trinajstić information content (AvgIpc) is 3.88. The molecular formula is C46H55N6O8P. The Bertz CT molecular complexity index is 2250. The second kappa shape index (κ2) is 20.9. The van der Waals surface area contributed by atoms with Crippen LogP contribution in [0.3, 0.4) is 0 Å². The number of aromatic nitrogens is 4. The van der Waals surface area contributed by atoms with E-state index in [1.165, 1.54) is 23.0 Å². The van der Waals surface area contributed by atoms with Crippen LogP contribution in [0, 0.1) is 0 Å². The fourth-order valence-electron chi connectivity index (χ4n) is 7.51. The van der Waals surface area contributed by atoms with Crippen molar-refractivity contribution in [2.24, 2.45) is 0 Å². The van der Waals surface area contributed by atoms with Gasteiger partial charge >= 0.3 is 6.09 Å². The lowest BCUT2D eigenvalue weighted by Gasteiger charge is -2.39. The van der Waals surface area contributed by atoms with E-state index in [1.54, 1.807) is 17.8 Å². The van der Waals surface area contributed by atoms with Gasteiger partial charge in [-0.15, -0.1) is 13.2 Å². The minimum atomic E-state index is -1.56. The van der Waals surface area contributed by atoms with E-state index in [9.17, 15) is 9.59 Å². The molecule has 0 bridgehead atoms. The SMILES string of the molecule is C=CCOC(=O)Nc1nc2c(ncn2[C@H]2C[C@H](OC(c3ccccc3)(c3ccccc3)c3ccc(OC)cc3)[C@@H](COP(OCC=C)N(C(C)C)C(C)C)O2)c(=O)n1CC=C. The van der Waals surface area contributed by atoms with Crippen LogP contribution < -0.4 is 15.6 Å². The topological polar surface area (TPSA) is 140 Å². The summed E-state index contributed by atoms with van der Waals surface area (Å²) in [6, 6.07) is 28.2. The van der Waals surface area contributed by atoms with Crippen LogP contribution in [0.2, 0.25) is 0 Å². The largest absolute Gasteiger partial charge is 0.497 e. The molecule has 0 saturated carbocycles. The van der Waals surface area contributed by atoms with Crippen LogP contribution in [-0.4, -0.2) is 81.1 Å². The number of benzene rings is 3. The van der Waals surface area contributed by atoms with Crippen molar-refractivity contribution in [2.45, 2.75) is 76.8 Å². The fraction of sp³-hybridized carbons (Fsp3) is 0.348. The van der Waals surface area contributed by atoms with Crippen LogP contribution >= 0.6 is 8.53 Å². The summed E-state index contributed by atoms with van der Waals surface area (Å²) in [7, 11) is 0.0765. The molecule has 61 heavy (non-hydrogen) atoms. The maximum absolute atomic E-state index is 13.9. The molecular weight excluding hydrogens is 796 g/mol. The van der Waals surface area contributed by atoms with Gasteiger partial charge in [-0.3, -0.25) is 19.2 Å². The second-order valence-corrected chi connectivity index (χ2v) is 16.3. The molecule has 6 rings (SSSR count). The third-order valence-corrected chi connectivity index (χ3v) is 12.2. The van der Waals surface area contributed by atoms with Crippen molar-refractivity contribution in [2.75, 3.05) is 32.2 Å². The molecule has 1 fully saturated rings. The van der Waals surface area contributed by atoms with Crippen molar-refractivity contribution < 1.29 is 32.8 Å². The van der Waals surface area contributed by atoms with Gasteiger partial charge in [0.15, 0.2) is 11.2 Å². The van der Waals surface area contributed by atoms with Crippen LogP contribution in [0.4, 0.5) is 10.7 Å². The summed E-state index contributed by atoms with van der Waals surface area (Å²) in [5, 5.41) is 2.60. The molecule has 4 atom stereocenters. The number of amides is 1. The van der Waals surface area contributed by atoms with E-state index in [0.717, 1.165) is 16.7 Å². The van der Waals surface area contributed by atoms with Crippen molar-refractivity contribution >= 4 is 31.7 Å². The van der Waals surface area contributed by atoms with Crippen molar-refractivity contribution in [1.29, 1.82) is 0 Å². The van der Waals surface area contributed by atoms with Crippen molar-refractivity contribution in [3.8, 4) is 5.75 Å². The average molecular weight is 851 g/mol. The first-order chi connectivity index (χ1) is 29.6. The third-order valence-electron chi connectivity index (χ3n) is 10.1. The molecule has 15 heteroatoms. The van der Waals surface area contributed by atoms with Crippen LogP contribution in [0.25, 0.3) is 11.2 Å². The van der Waals surface area contributed by atoms with Gasteiger partial charge in [-0.2, -0.15) is 4.98 Å². The van der Waals surface area contributed by atoms with Gasteiger partial charge in [-0.05, 0) is 56.5 Å². The first-order valence-corrected chi connectivity index (χ1v) is 21.4. The molecule has 14 nitrogen and oxygen atoms in total. The zero-order chi connectivity index (χ0) is 43.5. The predicted octanol–water partition coefficient (Wildman–Crippen LogP) is 8.75. The number of imidazole rings is 1. The minimum Gasteiger partial charge on any atom is -0.497 e. The van der Waals surface area contributed by atoms with Gasteiger partial charge in [0.2, 0.25) is 5.95 Å². The number of rotatable bonds is 21. The van der Waals surface area contributed by atoms with Crippen molar-refractivity contribution in [1.82, 2.24) is 23.8 Å². The standard InChI is InChI=1S/C46H55N6O8P/c1-9-26-50-43(53)41-42(48-44(50)49-45(54)56-27-10-2)51(31-47-41)40-29-38(39(59-40)30-58-61(57-28-11-3)52(32(4)5)33(6)7)60-46(34-18-14-12-15-19-34,35-20-16-13-17-21-35)36-22-24-37(55-8)25-23-36/h9-25,31-33,38-40H,1-3,26-30H2,4-8H3,(H,48,49,54)/t38-,39+,40+,61?/m0/s1. The van der Waals surface area contributed by atoms with Crippen LogP contribution in [0.15, 0.2) is 134 Å². The number of nitrogens with zero attached hydrogens (tertiary/aromatic N) is 5. The maximum Gasteiger partial charge on any atom is 0.414 e. The number of carbonyl (C=O) groups excluding carboxylic acids is 1. The van der Waals surface area contributed by atoms with Gasteiger partial charge in [0.1, 0.15) is 30.3 Å². The number of methoxy groups -OCH3 is 1. The fourth-order valence-corrected chi connectivity index (χ4v) is 9.12. The highest BCUT2D eigenvalue weighted by molar-refractivity contribution is 7.44. The molecule has 2 aromatic heterocycles. The molecule has 1 unspecified atom stereocenters. The number of allylic oxidation sites excluding steroid dienone is 1. The predicted molar refractivity (Wildman–Crippen MR) is 237 cm³/mol. The first kappa shape index (κ1) is 45.1. The highest BCUT2D eigenvalue weighted by Crippen LogP contribution is 2.49. The van der Waals surface area contributed by atoms with Gasteiger partial charge in [0.25, 0.3) is 14.1 Å². The van der Waals surface area contributed by atoms with Gasteiger partial charge in [-0.25, -0.2) is 14.4 Å². The van der Waals surface area contributed by atoms with Crippen LogP contribution in [-0.2, 0) is 35.4 Å². The van der Waals surface area contributed by atoms with E-state index in [4.69, 9.17) is 33.0 Å². The van der Waals surface area contributed by atoms with Gasteiger partial charge < -0.3 is 28.0 Å². The number of nitrogens with one attached hydrogen (secondary N) is 1. The molecule has 1 N–H and O–H groups in total. The summed E-state index contributed by atoms with van der Waals surface area (Å²) >= 11 is 0. The highest BCUT2D eigenvalue weighted by Gasteiger charge is 2.47. The molecule has 0 radical (unpaired) electrons. The zero-order valence-electron chi connectivity index (χ0n) is 35.4. The molecule has 1 aliphatic heterocycles. The van der Waals surface area contributed by atoms with E-state index in [2.05, 4.69) is 86.7 Å². The summed E-state index contributed by atoms with van der Waals surface area (Å²) in [6.45, 7) is 20.1. The van der Waals surface area contributed by atoms with Gasteiger partial charge in [0, 0.05) is 25.0 Å². The molecule has 322 valence electrons. The number of anilines is 1. The summed E-state index contributed by atoms with van der Waals surface area (Å²) in [6.07, 6.45) is 3.65. The number of ether oxygens (including phenoxy) is 4. The molecule has 3 aromatic carbocycles. The lowest BCUT2D eigenvalue weighted by molar-refractivity contribution is -0.0968. The van der Waals surface area contributed by atoms with Crippen molar-refractivity contribution in [3.05, 3.63) is 156 Å². The van der Waals surface area contributed by atoms with E-state index >= 15 is 0 Å². The zero-order valence-corrected chi connectivity index (χ0v) is 36.3. The second-order valence-electron chi connectivity index (χ2n) is 14.8. The molecule has 0 spiro atoms. The monoisotopic (exact) mass is 850 g/mol. The van der Waals surface area contributed by atoms with E-state index in [-0.39, 0.29) is 49.0 Å². The number of carbonyl (C=O) groups is 1. The normalized spacial score (nSPS) is 17.1. The Balaban J connectivity index is 1.48. The Morgan fingerprint density at radius 3 is 2.11 bits per heavy atom. The summed E-state index contributed by atoms with van der Waals surface area (Å²) in [5.74, 6) is 0.662. The number of fused-ring (bicyclic) bond motifs is 1. The minimum absolute atomic E-state index is 0.0324. The summed E-state index contributed by atoms with van der Waals surface area (Å²) < 4.78 is 43.5. The Kier molecular flexibility index (Phi) is 15.4. The van der Waals surface area contributed by atoms with E-state index < -0.39 is 44.2 Å². The van der Waals surface area contributed by atoms with Crippen molar-refractivity contribution in [3.63, 3.8) is 0 Å². The molecule has 1 saturated heterocycles. The van der Waals surface area contributed by atoms with Crippen LogP contribution in [0.1, 0.15) is 57.0 Å². The highest BCUT2D eigenvalue weighted by atomic mass is 31.2. The molecule has 0 aliphatic carbocycles. The lowest BCUT2D eigenvalue weighted by Crippen LogP contribution is -2.41. The van der Waals surface area contributed by atoms with E-state index in [1.807, 2.05) is 60.7 Å². The maximum atomic E-state index is 13.9. The Morgan fingerprint density at radius 2 is 1.54 bits per heavy atom. The van der Waals surface area contributed by atoms with Gasteiger partial charge in [0.05, 0.1) is 32.8 Å². The molecule has 5 aromatic rings. The van der Waals surface area contributed by atoms with E-state index in [0.29, 0.717) is 18.8 Å². The Labute approximate surface area is 358 Å². The van der Waals surface area contributed by atoms with Gasteiger partial charge in [-0.1, -0.05) is 97.6 Å². The molecule has 1 aliphatic rings. The third kappa shape index (κ3) is 10.0. The van der Waals surface area contributed by atoms with Crippen LogP contribution in [0.5, 0.6) is 5.75 Å².